The highest BCUT2D eigenvalue weighted by Crippen LogP contribution is 2.24. The van der Waals surface area contributed by atoms with Gasteiger partial charge in [0.1, 0.15) is 0 Å². The van der Waals surface area contributed by atoms with Crippen LogP contribution in [0.3, 0.4) is 0 Å². The summed E-state index contributed by atoms with van der Waals surface area (Å²) in [6, 6.07) is 5.53. The van der Waals surface area contributed by atoms with Crippen molar-refractivity contribution in [3.05, 3.63) is 38.8 Å². The van der Waals surface area contributed by atoms with Crippen molar-refractivity contribution >= 4 is 38.7 Å². The van der Waals surface area contributed by atoms with Gasteiger partial charge in [0, 0.05) is 46.7 Å². The summed E-state index contributed by atoms with van der Waals surface area (Å²) in [4.78, 5) is 17.2. The molecule has 1 aliphatic heterocycles. The van der Waals surface area contributed by atoms with Gasteiger partial charge in [-0.3, -0.25) is 4.79 Å². The van der Waals surface area contributed by atoms with Gasteiger partial charge in [-0.05, 0) is 24.7 Å². The zero-order valence-corrected chi connectivity index (χ0v) is 13.0. The van der Waals surface area contributed by atoms with Gasteiger partial charge in [0.25, 0.3) is 0 Å². The Hall–Kier alpha value is -1.10. The first-order valence-corrected chi connectivity index (χ1v) is 8.13. The summed E-state index contributed by atoms with van der Waals surface area (Å²) >= 11 is 7.62. The van der Waals surface area contributed by atoms with Gasteiger partial charge in [0.15, 0.2) is 0 Å². The molecule has 0 radical (unpaired) electrons. The second kappa shape index (κ2) is 5.72. The van der Waals surface area contributed by atoms with Crippen molar-refractivity contribution in [2.75, 3.05) is 37.6 Å². The molecule has 0 aliphatic carbocycles. The van der Waals surface area contributed by atoms with Gasteiger partial charge in [0.05, 0.1) is 5.69 Å². The Bertz CT molecular complexity index is 677. The Morgan fingerprint density at radius 2 is 2.00 bits per heavy atom. The Kier molecular flexibility index (Phi) is 3.96. The second-order valence-electron chi connectivity index (χ2n) is 5.01. The first-order chi connectivity index (χ1) is 9.69. The van der Waals surface area contributed by atoms with E-state index < -0.39 is 0 Å². The normalized spacial score (nSPS) is 16.8. The molecule has 106 valence electrons. The van der Waals surface area contributed by atoms with Gasteiger partial charge < -0.3 is 9.80 Å². The van der Waals surface area contributed by atoms with Crippen LogP contribution in [0.1, 0.15) is 6.92 Å². The lowest BCUT2D eigenvalue weighted by Crippen LogP contribution is -2.47. The number of hydrogen-bond donors (Lipinski definition) is 0. The predicted octanol–water partition coefficient (Wildman–Crippen LogP) is 3.06. The van der Waals surface area contributed by atoms with Crippen LogP contribution in [0.25, 0.3) is 10.1 Å². The van der Waals surface area contributed by atoms with E-state index in [1.807, 2.05) is 17.5 Å². The summed E-state index contributed by atoms with van der Waals surface area (Å²) in [6.45, 7) is 7.13. The Balaban J connectivity index is 1.96. The van der Waals surface area contributed by atoms with Crippen LogP contribution in [-0.2, 0) is 0 Å². The molecule has 0 unspecified atom stereocenters. The molecule has 1 aromatic carbocycles. The molecule has 3 nitrogen and oxygen atoms in total. The van der Waals surface area contributed by atoms with Crippen LogP contribution < -0.4 is 10.3 Å². The standard InChI is InChI=1S/C15H17ClN2OS/c1-2-17-5-7-18(8-6-17)13-10-20-14-4-3-11(16)9-12(14)15(13)19/h3-4,9-10H,2,5-8H2,1H3. The minimum absolute atomic E-state index is 0.103. The second-order valence-corrected chi connectivity index (χ2v) is 6.36. The van der Waals surface area contributed by atoms with Crippen LogP contribution in [0, 0.1) is 0 Å². The van der Waals surface area contributed by atoms with Crippen LogP contribution >= 0.6 is 22.9 Å². The fraction of sp³-hybridized carbons (Fsp3) is 0.400. The topological polar surface area (TPSA) is 23.6 Å². The number of likely N-dealkylation sites (N-methyl/N-ethyl adjacent to an activating group) is 1. The van der Waals surface area contributed by atoms with E-state index in [0.29, 0.717) is 5.02 Å². The maximum absolute atomic E-state index is 12.6. The number of hydrogen-bond acceptors (Lipinski definition) is 4. The number of piperazine rings is 1. The number of nitrogens with zero attached hydrogens (tertiary/aromatic N) is 2. The summed E-state index contributed by atoms with van der Waals surface area (Å²) in [5, 5.41) is 3.34. The Labute approximate surface area is 127 Å². The van der Waals surface area contributed by atoms with Gasteiger partial charge >= 0.3 is 0 Å². The average Bonchev–Trinajstić information content (AvgIpc) is 2.48. The third kappa shape index (κ3) is 2.55. The molecular weight excluding hydrogens is 292 g/mol. The smallest absolute Gasteiger partial charge is 0.211 e. The van der Waals surface area contributed by atoms with Crippen molar-refractivity contribution in [1.29, 1.82) is 0 Å². The van der Waals surface area contributed by atoms with E-state index >= 15 is 0 Å². The van der Waals surface area contributed by atoms with Crippen LogP contribution in [0.2, 0.25) is 5.02 Å². The number of anilines is 1. The Morgan fingerprint density at radius 1 is 1.25 bits per heavy atom. The number of halogens is 1. The summed E-state index contributed by atoms with van der Waals surface area (Å²) in [7, 11) is 0. The fourth-order valence-corrected chi connectivity index (χ4v) is 3.71. The molecule has 0 bridgehead atoms. The minimum Gasteiger partial charge on any atom is -0.365 e. The fourth-order valence-electron chi connectivity index (χ4n) is 2.62. The average molecular weight is 309 g/mol. The molecule has 0 saturated carbocycles. The van der Waals surface area contributed by atoms with E-state index in [-0.39, 0.29) is 5.43 Å². The molecule has 1 aromatic heterocycles. The van der Waals surface area contributed by atoms with E-state index in [1.165, 1.54) is 0 Å². The van der Waals surface area contributed by atoms with Crippen molar-refractivity contribution in [3.63, 3.8) is 0 Å². The van der Waals surface area contributed by atoms with Crippen LogP contribution in [0.4, 0.5) is 5.69 Å². The number of fused-ring (bicyclic) bond motifs is 1. The van der Waals surface area contributed by atoms with Crippen LogP contribution in [0.5, 0.6) is 0 Å². The lowest BCUT2D eigenvalue weighted by molar-refractivity contribution is 0.271. The SMILES string of the molecule is CCN1CCN(c2csc3ccc(Cl)cc3c2=O)CC1. The molecule has 0 N–H and O–H groups in total. The summed E-state index contributed by atoms with van der Waals surface area (Å²) < 4.78 is 0.996. The van der Waals surface area contributed by atoms with Crippen molar-refractivity contribution in [1.82, 2.24) is 4.90 Å². The first-order valence-electron chi connectivity index (χ1n) is 6.87. The highest BCUT2D eigenvalue weighted by atomic mass is 35.5. The molecule has 0 atom stereocenters. The van der Waals surface area contributed by atoms with Gasteiger partial charge in [0.2, 0.25) is 5.43 Å². The highest BCUT2D eigenvalue weighted by Gasteiger charge is 2.18. The van der Waals surface area contributed by atoms with E-state index in [1.54, 1.807) is 17.4 Å². The molecule has 1 aliphatic rings. The van der Waals surface area contributed by atoms with Crippen LogP contribution in [-0.4, -0.2) is 37.6 Å². The minimum atomic E-state index is 0.103. The third-order valence-electron chi connectivity index (χ3n) is 3.88. The predicted molar refractivity (Wildman–Crippen MR) is 87.4 cm³/mol. The molecule has 1 saturated heterocycles. The molecule has 1 fully saturated rings. The van der Waals surface area contributed by atoms with Crippen molar-refractivity contribution in [2.24, 2.45) is 0 Å². The molecule has 2 aromatic rings. The molecule has 3 rings (SSSR count). The molecule has 0 spiro atoms. The summed E-state index contributed by atoms with van der Waals surface area (Å²) in [6.07, 6.45) is 0. The lowest BCUT2D eigenvalue weighted by atomic mass is 10.2. The van der Waals surface area contributed by atoms with Gasteiger partial charge in [-0.15, -0.1) is 11.3 Å². The molecule has 2 heterocycles. The molecular formula is C15H17ClN2OS. The molecule has 0 amide bonds. The van der Waals surface area contributed by atoms with Crippen molar-refractivity contribution < 1.29 is 0 Å². The maximum atomic E-state index is 12.6. The zero-order chi connectivity index (χ0) is 14.1. The quantitative estimate of drug-likeness (QED) is 0.852. The first kappa shape index (κ1) is 13.9. The Morgan fingerprint density at radius 3 is 2.70 bits per heavy atom. The van der Waals surface area contributed by atoms with Gasteiger partial charge in [-0.1, -0.05) is 18.5 Å². The maximum Gasteiger partial charge on any atom is 0.211 e. The van der Waals surface area contributed by atoms with E-state index in [0.717, 1.165) is 48.5 Å². The monoisotopic (exact) mass is 308 g/mol. The third-order valence-corrected chi connectivity index (χ3v) is 5.06. The summed E-state index contributed by atoms with van der Waals surface area (Å²) in [5.74, 6) is 0. The van der Waals surface area contributed by atoms with Gasteiger partial charge in [-0.25, -0.2) is 0 Å². The lowest BCUT2D eigenvalue weighted by Gasteiger charge is -2.35. The van der Waals surface area contributed by atoms with E-state index in [2.05, 4.69) is 16.7 Å². The highest BCUT2D eigenvalue weighted by molar-refractivity contribution is 7.16. The van der Waals surface area contributed by atoms with Crippen molar-refractivity contribution in [3.8, 4) is 0 Å². The number of rotatable bonds is 2. The molecule has 20 heavy (non-hydrogen) atoms. The zero-order valence-electron chi connectivity index (χ0n) is 11.4. The summed E-state index contributed by atoms with van der Waals surface area (Å²) in [5.41, 5.74) is 0.923. The van der Waals surface area contributed by atoms with E-state index in [9.17, 15) is 4.79 Å². The van der Waals surface area contributed by atoms with Gasteiger partial charge in [-0.2, -0.15) is 0 Å². The van der Waals surface area contributed by atoms with Crippen molar-refractivity contribution in [2.45, 2.75) is 6.92 Å². The largest absolute Gasteiger partial charge is 0.365 e. The number of benzene rings is 1. The molecule has 5 heteroatoms. The van der Waals surface area contributed by atoms with Crippen LogP contribution in [0.15, 0.2) is 28.4 Å². The van der Waals surface area contributed by atoms with E-state index in [4.69, 9.17) is 11.6 Å².